The molecule has 7 nitrogen and oxygen atoms in total. The van der Waals surface area contributed by atoms with Crippen LogP contribution in [0.4, 0.5) is 0 Å². The quantitative estimate of drug-likeness (QED) is 0.464. The van der Waals surface area contributed by atoms with Crippen molar-refractivity contribution in [1.82, 2.24) is 10.0 Å². The first kappa shape index (κ1) is 23.7. The zero-order chi connectivity index (χ0) is 22.4. The molecule has 0 radical (unpaired) electrons. The minimum Gasteiger partial charge on any atom is -0.457 e. The SMILES string of the molecule is CC(=O)N([C@@H](Cc1ccccc1)C(=O)C(=O)OC(C)C)N1C=CSC(C(C)C)C1=O. The Hall–Kier alpha value is -2.61. The van der Waals surface area contributed by atoms with E-state index >= 15 is 0 Å². The number of thioether (sulfide) groups is 1. The highest BCUT2D eigenvalue weighted by Gasteiger charge is 2.41. The summed E-state index contributed by atoms with van der Waals surface area (Å²) in [4.78, 5) is 51.2. The minimum absolute atomic E-state index is 0.0259. The van der Waals surface area contributed by atoms with Crippen LogP contribution >= 0.6 is 11.8 Å². The molecule has 1 aliphatic rings. The summed E-state index contributed by atoms with van der Waals surface area (Å²) in [6.45, 7) is 8.38. The van der Waals surface area contributed by atoms with Gasteiger partial charge in [-0.2, -0.15) is 0 Å². The Kier molecular flexibility index (Phi) is 8.23. The summed E-state index contributed by atoms with van der Waals surface area (Å²) in [5.74, 6) is -2.70. The fourth-order valence-corrected chi connectivity index (χ4v) is 4.01. The first-order valence-corrected chi connectivity index (χ1v) is 10.8. The van der Waals surface area contributed by atoms with Crippen molar-refractivity contribution in [2.75, 3.05) is 0 Å². The maximum Gasteiger partial charge on any atom is 0.377 e. The second kappa shape index (κ2) is 10.4. The molecule has 0 aromatic heterocycles. The molecule has 1 heterocycles. The van der Waals surface area contributed by atoms with E-state index in [1.807, 2.05) is 19.9 Å². The summed E-state index contributed by atoms with van der Waals surface area (Å²) in [6.07, 6.45) is 1.05. The number of ether oxygens (including phenoxy) is 1. The van der Waals surface area contributed by atoms with Gasteiger partial charge in [0.05, 0.1) is 11.4 Å². The Morgan fingerprint density at radius 2 is 1.77 bits per heavy atom. The van der Waals surface area contributed by atoms with Crippen LogP contribution in [0.15, 0.2) is 41.9 Å². The number of hydrazine groups is 1. The molecule has 0 bridgehead atoms. The number of esters is 1. The number of amides is 2. The summed E-state index contributed by atoms with van der Waals surface area (Å²) in [7, 11) is 0. The van der Waals surface area contributed by atoms with Gasteiger partial charge in [0.15, 0.2) is 0 Å². The van der Waals surface area contributed by atoms with Gasteiger partial charge in [0, 0.05) is 19.5 Å². The molecule has 1 aliphatic heterocycles. The standard InChI is InChI=1S/C22H28N2O5S/c1-14(2)20-21(27)23(11-12-30-20)24(16(5)25)18(13-17-9-7-6-8-10-17)19(26)22(28)29-15(3)4/h6-12,14-15,18,20H,13H2,1-5H3/t18-,20?/m0/s1. The first-order valence-electron chi connectivity index (χ1n) is 9.87. The van der Waals surface area contributed by atoms with Crippen molar-refractivity contribution in [3.63, 3.8) is 0 Å². The number of rotatable bonds is 8. The molecule has 2 atom stereocenters. The molecular weight excluding hydrogens is 404 g/mol. The molecule has 1 unspecified atom stereocenters. The molecule has 0 N–H and O–H groups in total. The number of carbonyl (C=O) groups is 4. The fourth-order valence-electron chi connectivity index (χ4n) is 3.12. The lowest BCUT2D eigenvalue weighted by atomic mass is 10.0. The zero-order valence-electron chi connectivity index (χ0n) is 17.9. The third-order valence-corrected chi connectivity index (χ3v) is 5.79. The summed E-state index contributed by atoms with van der Waals surface area (Å²) >= 11 is 1.36. The average Bonchev–Trinajstić information content (AvgIpc) is 2.68. The fraction of sp³-hybridized carbons (Fsp3) is 0.455. The lowest BCUT2D eigenvalue weighted by molar-refractivity contribution is -0.170. The molecule has 2 rings (SSSR count). The van der Waals surface area contributed by atoms with Crippen molar-refractivity contribution < 1.29 is 23.9 Å². The van der Waals surface area contributed by atoms with E-state index in [0.717, 1.165) is 15.6 Å². The van der Waals surface area contributed by atoms with Gasteiger partial charge < -0.3 is 4.74 Å². The van der Waals surface area contributed by atoms with Gasteiger partial charge in [0.25, 0.3) is 11.7 Å². The van der Waals surface area contributed by atoms with E-state index in [0.29, 0.717) is 0 Å². The smallest absolute Gasteiger partial charge is 0.377 e. The van der Waals surface area contributed by atoms with E-state index in [2.05, 4.69) is 0 Å². The summed E-state index contributed by atoms with van der Waals surface area (Å²) < 4.78 is 5.08. The number of nitrogens with zero attached hydrogens (tertiary/aromatic N) is 2. The van der Waals surface area contributed by atoms with Gasteiger partial charge in [0.2, 0.25) is 5.91 Å². The second-order valence-electron chi connectivity index (χ2n) is 7.66. The topological polar surface area (TPSA) is 84.0 Å². The summed E-state index contributed by atoms with van der Waals surface area (Å²) in [5.41, 5.74) is 0.752. The van der Waals surface area contributed by atoms with E-state index < -0.39 is 35.1 Å². The number of hydrogen-bond acceptors (Lipinski definition) is 6. The van der Waals surface area contributed by atoms with Crippen LogP contribution in [0.5, 0.6) is 0 Å². The Labute approximate surface area is 181 Å². The van der Waals surface area contributed by atoms with Crippen molar-refractivity contribution in [2.45, 2.75) is 58.4 Å². The van der Waals surface area contributed by atoms with Crippen LogP contribution in [0.1, 0.15) is 40.2 Å². The molecule has 1 aromatic rings. The number of benzene rings is 1. The highest BCUT2D eigenvalue weighted by molar-refractivity contribution is 8.03. The van der Waals surface area contributed by atoms with Crippen molar-refractivity contribution in [3.05, 3.63) is 47.5 Å². The van der Waals surface area contributed by atoms with Crippen LogP contribution in [0.2, 0.25) is 0 Å². The Morgan fingerprint density at radius 3 is 2.30 bits per heavy atom. The van der Waals surface area contributed by atoms with E-state index in [1.165, 1.54) is 24.9 Å². The number of ketones is 1. The monoisotopic (exact) mass is 432 g/mol. The van der Waals surface area contributed by atoms with Crippen LogP contribution < -0.4 is 0 Å². The number of carbonyl (C=O) groups excluding carboxylic acids is 4. The largest absolute Gasteiger partial charge is 0.457 e. The Bertz CT molecular complexity index is 822. The molecule has 0 saturated heterocycles. The molecule has 1 aromatic carbocycles. The Balaban J connectivity index is 2.46. The lowest BCUT2D eigenvalue weighted by Gasteiger charge is -2.40. The third-order valence-electron chi connectivity index (χ3n) is 4.47. The first-order chi connectivity index (χ1) is 14.1. The van der Waals surface area contributed by atoms with Crippen molar-refractivity contribution in [2.24, 2.45) is 5.92 Å². The lowest BCUT2D eigenvalue weighted by Crippen LogP contribution is -2.59. The average molecular weight is 433 g/mol. The maximum atomic E-state index is 13.1. The van der Waals surface area contributed by atoms with Crippen LogP contribution in [0, 0.1) is 5.92 Å². The zero-order valence-corrected chi connectivity index (χ0v) is 18.7. The predicted octanol–water partition coefficient (Wildman–Crippen LogP) is 2.95. The second-order valence-corrected chi connectivity index (χ2v) is 8.71. The van der Waals surface area contributed by atoms with Crippen LogP contribution in [0.25, 0.3) is 0 Å². The third kappa shape index (κ3) is 5.72. The molecular formula is C22H28N2O5S. The molecule has 0 fully saturated rings. The van der Waals surface area contributed by atoms with Crippen molar-refractivity contribution >= 4 is 35.3 Å². The normalized spacial score (nSPS) is 17.2. The van der Waals surface area contributed by atoms with Crippen LogP contribution in [0.3, 0.4) is 0 Å². The van der Waals surface area contributed by atoms with Gasteiger partial charge in [-0.05, 0) is 30.7 Å². The van der Waals surface area contributed by atoms with E-state index in [-0.39, 0.29) is 18.2 Å². The van der Waals surface area contributed by atoms with Gasteiger partial charge in [0.1, 0.15) is 6.04 Å². The molecule has 30 heavy (non-hydrogen) atoms. The van der Waals surface area contributed by atoms with Crippen molar-refractivity contribution in [3.8, 4) is 0 Å². The minimum atomic E-state index is -1.21. The molecule has 0 spiro atoms. The molecule has 162 valence electrons. The van der Waals surface area contributed by atoms with Gasteiger partial charge >= 0.3 is 5.97 Å². The van der Waals surface area contributed by atoms with Gasteiger partial charge in [-0.3, -0.25) is 14.4 Å². The van der Waals surface area contributed by atoms with Gasteiger partial charge in [-0.25, -0.2) is 14.8 Å². The van der Waals surface area contributed by atoms with Crippen LogP contribution in [-0.4, -0.2) is 51.0 Å². The highest BCUT2D eigenvalue weighted by atomic mass is 32.2. The maximum absolute atomic E-state index is 13.1. The van der Waals surface area contributed by atoms with E-state index in [4.69, 9.17) is 4.74 Å². The van der Waals surface area contributed by atoms with E-state index in [1.54, 1.807) is 43.5 Å². The van der Waals surface area contributed by atoms with Gasteiger partial charge in [-0.15, -0.1) is 11.8 Å². The summed E-state index contributed by atoms with van der Waals surface area (Å²) in [6, 6.07) is 7.83. The molecule has 0 aliphatic carbocycles. The van der Waals surface area contributed by atoms with Crippen LogP contribution in [-0.2, 0) is 30.3 Å². The molecule has 0 saturated carbocycles. The molecule has 8 heteroatoms. The van der Waals surface area contributed by atoms with Crippen molar-refractivity contribution in [1.29, 1.82) is 0 Å². The van der Waals surface area contributed by atoms with E-state index in [9.17, 15) is 19.2 Å². The highest BCUT2D eigenvalue weighted by Crippen LogP contribution is 2.29. The number of hydrogen-bond donors (Lipinski definition) is 0. The van der Waals surface area contributed by atoms with Gasteiger partial charge in [-0.1, -0.05) is 44.2 Å². The Morgan fingerprint density at radius 1 is 1.13 bits per heavy atom. The predicted molar refractivity (Wildman–Crippen MR) is 115 cm³/mol. The number of Topliss-reactive ketones (excluding diaryl/α,β-unsaturated/α-hetero) is 1. The summed E-state index contributed by atoms with van der Waals surface area (Å²) in [5, 5.41) is 3.56. The molecule has 2 amide bonds.